The number of benzene rings is 1. The number of aryl methyl sites for hydroxylation is 1. The van der Waals surface area contributed by atoms with Crippen LogP contribution in [0.25, 0.3) is 28.2 Å². The lowest BCUT2D eigenvalue weighted by Gasteiger charge is -2.23. The average molecular weight is 398 g/mol. The second-order valence-corrected chi connectivity index (χ2v) is 7.05. The van der Waals surface area contributed by atoms with E-state index < -0.39 is 0 Å². The molecule has 4 aromatic rings. The van der Waals surface area contributed by atoms with E-state index in [4.69, 9.17) is 15.7 Å². The Labute approximate surface area is 174 Å². The van der Waals surface area contributed by atoms with E-state index in [2.05, 4.69) is 41.6 Å². The van der Waals surface area contributed by atoms with Crippen molar-refractivity contribution in [2.75, 3.05) is 17.8 Å². The quantitative estimate of drug-likeness (QED) is 0.545. The van der Waals surface area contributed by atoms with Crippen molar-refractivity contribution in [2.24, 2.45) is 0 Å². The first kappa shape index (κ1) is 18.1. The number of nitrogens with one attached hydrogen (secondary N) is 1. The van der Waals surface area contributed by atoms with Crippen LogP contribution in [-0.2, 0) is 6.42 Å². The normalized spacial score (nSPS) is 13.9. The number of hydrogen-bond acceptors (Lipinski definition) is 7. The summed E-state index contributed by atoms with van der Waals surface area (Å²) in [5.41, 5.74) is 13.9. The van der Waals surface area contributed by atoms with Crippen LogP contribution < -0.4 is 16.2 Å². The molecule has 0 saturated carbocycles. The van der Waals surface area contributed by atoms with Gasteiger partial charge in [0, 0.05) is 31.3 Å². The van der Waals surface area contributed by atoms with Crippen LogP contribution in [0.2, 0.25) is 0 Å². The van der Waals surface area contributed by atoms with Gasteiger partial charge in [0.15, 0.2) is 17.3 Å². The predicted octanol–water partition coefficient (Wildman–Crippen LogP) is 3.27. The number of nitrogens with zero attached hydrogens (tertiary/aromatic N) is 6. The summed E-state index contributed by atoms with van der Waals surface area (Å²) < 4.78 is 2.04. The highest BCUT2D eigenvalue weighted by Gasteiger charge is 2.21. The molecule has 0 amide bonds. The highest BCUT2D eigenvalue weighted by Crippen LogP contribution is 2.31. The lowest BCUT2D eigenvalue weighted by atomic mass is 10.1. The van der Waals surface area contributed by atoms with Crippen molar-refractivity contribution in [3.8, 4) is 17.1 Å². The average Bonchev–Trinajstić information content (AvgIpc) is 3.37. The molecule has 0 radical (unpaired) electrons. The second kappa shape index (κ2) is 7.16. The largest absolute Gasteiger partial charge is 0.383 e. The molecule has 5 rings (SSSR count). The number of rotatable bonds is 4. The number of imidazole rings is 1. The fourth-order valence-corrected chi connectivity index (χ4v) is 3.59. The molecule has 150 valence electrons. The van der Waals surface area contributed by atoms with Crippen LogP contribution in [0.5, 0.6) is 0 Å². The minimum Gasteiger partial charge on any atom is -0.383 e. The molecule has 0 fully saturated rings. The number of anilines is 2. The predicted molar refractivity (Wildman–Crippen MR) is 118 cm³/mol. The SMILES string of the molecule is CCc1ccc(-n2c(-c3cccnc3N)nc3ccc(N4C=CNN4C)nc32)cc1. The van der Waals surface area contributed by atoms with Gasteiger partial charge >= 0.3 is 0 Å². The molecule has 8 heteroatoms. The van der Waals surface area contributed by atoms with Gasteiger partial charge in [-0.3, -0.25) is 4.57 Å². The number of aromatic nitrogens is 4. The van der Waals surface area contributed by atoms with Crippen molar-refractivity contribution >= 4 is 22.8 Å². The zero-order valence-electron chi connectivity index (χ0n) is 16.8. The topological polar surface area (TPSA) is 88.1 Å². The molecule has 8 nitrogen and oxygen atoms in total. The van der Waals surface area contributed by atoms with E-state index in [9.17, 15) is 0 Å². The molecule has 0 unspecified atom stereocenters. The molecular weight excluding hydrogens is 376 g/mol. The van der Waals surface area contributed by atoms with E-state index in [1.807, 2.05) is 58.4 Å². The van der Waals surface area contributed by atoms with E-state index >= 15 is 0 Å². The van der Waals surface area contributed by atoms with Crippen LogP contribution in [0.4, 0.5) is 11.6 Å². The Morgan fingerprint density at radius 1 is 1.03 bits per heavy atom. The Hall–Kier alpha value is -3.91. The zero-order chi connectivity index (χ0) is 20.7. The van der Waals surface area contributed by atoms with E-state index in [-0.39, 0.29) is 0 Å². The molecule has 0 bridgehead atoms. The number of hydrogen-bond donors (Lipinski definition) is 2. The Kier molecular flexibility index (Phi) is 4.33. The summed E-state index contributed by atoms with van der Waals surface area (Å²) in [5, 5.41) is 3.78. The maximum absolute atomic E-state index is 6.20. The Morgan fingerprint density at radius 2 is 1.87 bits per heavy atom. The van der Waals surface area contributed by atoms with Crippen molar-refractivity contribution in [1.82, 2.24) is 30.1 Å². The van der Waals surface area contributed by atoms with Crippen LogP contribution in [0.1, 0.15) is 12.5 Å². The van der Waals surface area contributed by atoms with Crippen LogP contribution in [-0.4, -0.2) is 31.7 Å². The smallest absolute Gasteiger partial charge is 0.167 e. The molecule has 0 atom stereocenters. The van der Waals surface area contributed by atoms with Gasteiger partial charge in [-0.25, -0.2) is 20.0 Å². The van der Waals surface area contributed by atoms with Gasteiger partial charge in [-0.1, -0.05) is 19.1 Å². The first-order chi connectivity index (χ1) is 14.7. The van der Waals surface area contributed by atoms with Crippen molar-refractivity contribution < 1.29 is 0 Å². The fraction of sp³-hybridized carbons (Fsp3) is 0.136. The molecule has 3 N–H and O–H groups in total. The van der Waals surface area contributed by atoms with Gasteiger partial charge in [0.05, 0.1) is 5.56 Å². The monoisotopic (exact) mass is 398 g/mol. The van der Waals surface area contributed by atoms with E-state index in [0.29, 0.717) is 11.6 Å². The number of pyridine rings is 2. The van der Waals surface area contributed by atoms with Crippen molar-refractivity contribution in [3.63, 3.8) is 0 Å². The number of fused-ring (bicyclic) bond motifs is 1. The Bertz CT molecular complexity index is 1240. The van der Waals surface area contributed by atoms with Gasteiger partial charge in [-0.2, -0.15) is 0 Å². The molecule has 0 aliphatic carbocycles. The van der Waals surface area contributed by atoms with Gasteiger partial charge in [0.1, 0.15) is 11.3 Å². The second-order valence-electron chi connectivity index (χ2n) is 7.05. The summed E-state index contributed by atoms with van der Waals surface area (Å²) in [5.74, 6) is 1.93. The zero-order valence-corrected chi connectivity index (χ0v) is 16.8. The van der Waals surface area contributed by atoms with Gasteiger partial charge in [-0.05, 0) is 48.4 Å². The summed E-state index contributed by atoms with van der Waals surface area (Å²) in [6.07, 6.45) is 6.44. The van der Waals surface area contributed by atoms with Crippen molar-refractivity contribution in [1.29, 1.82) is 0 Å². The summed E-state index contributed by atoms with van der Waals surface area (Å²) in [6, 6.07) is 16.2. The lowest BCUT2D eigenvalue weighted by molar-refractivity contribution is 0.300. The molecule has 1 aliphatic rings. The van der Waals surface area contributed by atoms with Crippen molar-refractivity contribution in [2.45, 2.75) is 13.3 Å². The first-order valence-corrected chi connectivity index (χ1v) is 9.81. The van der Waals surface area contributed by atoms with Gasteiger partial charge < -0.3 is 11.2 Å². The number of nitrogens with two attached hydrogens (primary N) is 1. The summed E-state index contributed by atoms with van der Waals surface area (Å²) in [4.78, 5) is 14.0. The molecule has 0 saturated heterocycles. The Morgan fingerprint density at radius 3 is 2.57 bits per heavy atom. The third-order valence-electron chi connectivity index (χ3n) is 5.21. The maximum atomic E-state index is 6.20. The number of nitrogen functional groups attached to an aromatic ring is 1. The lowest BCUT2D eigenvalue weighted by Crippen LogP contribution is -2.38. The third kappa shape index (κ3) is 2.94. The fourth-order valence-electron chi connectivity index (χ4n) is 3.59. The molecular formula is C22H22N8. The maximum Gasteiger partial charge on any atom is 0.167 e. The van der Waals surface area contributed by atoms with E-state index in [1.165, 1.54) is 5.56 Å². The molecule has 4 heterocycles. The summed E-state index contributed by atoms with van der Waals surface area (Å²) in [6.45, 7) is 2.14. The van der Waals surface area contributed by atoms with Crippen molar-refractivity contribution in [3.05, 3.63) is 72.7 Å². The summed E-state index contributed by atoms with van der Waals surface area (Å²) >= 11 is 0. The Balaban J connectivity index is 1.76. The van der Waals surface area contributed by atoms with E-state index in [1.54, 1.807) is 6.20 Å². The highest BCUT2D eigenvalue weighted by atomic mass is 15.8. The molecule has 30 heavy (non-hydrogen) atoms. The molecule has 1 aromatic carbocycles. The van der Waals surface area contributed by atoms with Crippen LogP contribution in [0, 0.1) is 0 Å². The van der Waals surface area contributed by atoms with Gasteiger partial charge in [-0.15, -0.1) is 5.12 Å². The standard InChI is InChI=1S/C22H22N8/c1-3-15-6-8-16(9-7-15)30-21(17-5-4-12-24-20(17)23)26-18-10-11-19(27-22(18)30)29-14-13-25-28(29)2/h4-14,25H,3H2,1-2H3,(H2,23,24). The highest BCUT2D eigenvalue weighted by molar-refractivity contribution is 5.84. The van der Waals surface area contributed by atoms with Gasteiger partial charge in [0.25, 0.3) is 0 Å². The van der Waals surface area contributed by atoms with Gasteiger partial charge in [0.2, 0.25) is 0 Å². The van der Waals surface area contributed by atoms with Crippen LogP contribution >= 0.6 is 0 Å². The molecule has 0 spiro atoms. The van der Waals surface area contributed by atoms with Crippen LogP contribution in [0.3, 0.4) is 0 Å². The minimum absolute atomic E-state index is 0.436. The minimum atomic E-state index is 0.436. The third-order valence-corrected chi connectivity index (χ3v) is 5.21. The van der Waals surface area contributed by atoms with E-state index in [0.717, 1.165) is 34.7 Å². The first-order valence-electron chi connectivity index (χ1n) is 9.81. The van der Waals surface area contributed by atoms with Crippen LogP contribution in [0.15, 0.2) is 67.1 Å². The summed E-state index contributed by atoms with van der Waals surface area (Å²) in [7, 11) is 1.93. The number of hydrazine groups is 2. The molecule has 1 aliphatic heterocycles. The molecule has 3 aromatic heterocycles.